The highest BCUT2D eigenvalue weighted by atomic mass is 79.9. The molecule has 2 amide bonds. The molecule has 0 fully saturated rings. The van der Waals surface area contributed by atoms with Crippen LogP contribution >= 0.6 is 15.9 Å². The largest absolute Gasteiger partial charge is 0.468 e. The maximum absolute atomic E-state index is 13.3. The van der Waals surface area contributed by atoms with E-state index in [1.54, 1.807) is 0 Å². The predicted molar refractivity (Wildman–Crippen MR) is 92.8 cm³/mol. The summed E-state index contributed by atoms with van der Waals surface area (Å²) in [5, 5.41) is 5.01. The molecular formula is C17H14BrFN2O4. The van der Waals surface area contributed by atoms with Crippen LogP contribution in [-0.2, 0) is 9.53 Å². The number of nitrogens with one attached hydrogen (secondary N) is 2. The maximum Gasteiger partial charge on any atom is 0.325 e. The molecule has 0 spiro atoms. The van der Waals surface area contributed by atoms with E-state index in [9.17, 15) is 18.8 Å². The molecule has 0 atom stereocenters. The lowest BCUT2D eigenvalue weighted by Crippen LogP contribution is -2.30. The van der Waals surface area contributed by atoms with Crippen molar-refractivity contribution in [2.75, 3.05) is 19.0 Å². The summed E-state index contributed by atoms with van der Waals surface area (Å²) >= 11 is 3.12. The molecule has 2 N–H and O–H groups in total. The van der Waals surface area contributed by atoms with Gasteiger partial charge in [0.05, 0.1) is 7.11 Å². The second kappa shape index (κ2) is 8.39. The quantitative estimate of drug-likeness (QED) is 0.744. The fraction of sp³-hybridized carbons (Fsp3) is 0.118. The second-order valence-electron chi connectivity index (χ2n) is 4.95. The number of hydrogen-bond donors (Lipinski definition) is 2. The minimum Gasteiger partial charge on any atom is -0.468 e. The van der Waals surface area contributed by atoms with Crippen molar-refractivity contribution in [1.82, 2.24) is 5.32 Å². The first-order valence-electron chi connectivity index (χ1n) is 7.11. The van der Waals surface area contributed by atoms with Gasteiger partial charge in [0.2, 0.25) is 0 Å². The lowest BCUT2D eigenvalue weighted by Gasteiger charge is -2.08. The first kappa shape index (κ1) is 18.6. The first-order chi connectivity index (χ1) is 11.9. The van der Waals surface area contributed by atoms with Crippen molar-refractivity contribution in [3.63, 3.8) is 0 Å². The Kier molecular flexibility index (Phi) is 6.24. The zero-order valence-corrected chi connectivity index (χ0v) is 14.7. The number of ether oxygens (including phenoxy) is 1. The minimum atomic E-state index is -0.557. The lowest BCUT2D eigenvalue weighted by molar-refractivity contribution is -0.139. The van der Waals surface area contributed by atoms with Crippen molar-refractivity contribution >= 4 is 39.4 Å². The fourth-order valence-electron chi connectivity index (χ4n) is 1.92. The molecule has 0 saturated heterocycles. The fourth-order valence-corrected chi connectivity index (χ4v) is 2.39. The van der Waals surface area contributed by atoms with Crippen molar-refractivity contribution in [3.05, 3.63) is 63.9 Å². The van der Waals surface area contributed by atoms with Crippen LogP contribution in [0, 0.1) is 5.82 Å². The van der Waals surface area contributed by atoms with E-state index < -0.39 is 23.6 Å². The van der Waals surface area contributed by atoms with Crippen molar-refractivity contribution in [3.8, 4) is 0 Å². The van der Waals surface area contributed by atoms with E-state index >= 15 is 0 Å². The summed E-state index contributed by atoms with van der Waals surface area (Å²) in [6.45, 7) is -0.234. The van der Waals surface area contributed by atoms with Gasteiger partial charge in [-0.2, -0.15) is 0 Å². The number of anilines is 1. The Balaban J connectivity index is 2.01. The van der Waals surface area contributed by atoms with Gasteiger partial charge in [0.1, 0.15) is 12.4 Å². The van der Waals surface area contributed by atoms with Gasteiger partial charge in [-0.05, 0) is 42.5 Å². The number of carbonyl (C=O) groups is 3. The highest BCUT2D eigenvalue weighted by Crippen LogP contribution is 2.17. The van der Waals surface area contributed by atoms with Crippen molar-refractivity contribution in [2.45, 2.75) is 0 Å². The molecule has 0 aliphatic rings. The molecule has 0 aliphatic heterocycles. The molecule has 8 heteroatoms. The SMILES string of the molecule is COC(=O)CNC(=O)c1ccc(NC(=O)c2cc(F)cc(Br)c2)cc1. The number of hydrogen-bond acceptors (Lipinski definition) is 4. The molecule has 6 nitrogen and oxygen atoms in total. The van der Waals surface area contributed by atoms with Gasteiger partial charge < -0.3 is 15.4 Å². The summed E-state index contributed by atoms with van der Waals surface area (Å²) in [5.41, 5.74) is 0.914. The number of benzene rings is 2. The molecule has 130 valence electrons. The molecule has 25 heavy (non-hydrogen) atoms. The molecule has 2 aromatic carbocycles. The van der Waals surface area contributed by atoms with Crippen LogP contribution in [0.15, 0.2) is 46.9 Å². The molecule has 0 aliphatic carbocycles. The standard InChI is InChI=1S/C17H14BrFN2O4/c1-25-15(22)9-20-16(23)10-2-4-14(5-3-10)21-17(24)11-6-12(18)8-13(19)7-11/h2-8H,9H2,1H3,(H,20,23)(H,21,24). The molecule has 0 unspecified atom stereocenters. The summed E-state index contributed by atoms with van der Waals surface area (Å²) in [6.07, 6.45) is 0. The average molecular weight is 409 g/mol. The average Bonchev–Trinajstić information content (AvgIpc) is 2.59. The van der Waals surface area contributed by atoms with Crippen LogP contribution in [0.2, 0.25) is 0 Å². The zero-order chi connectivity index (χ0) is 18.4. The van der Waals surface area contributed by atoms with Gasteiger partial charge in [0, 0.05) is 21.3 Å². The van der Waals surface area contributed by atoms with Crippen LogP contribution in [0.1, 0.15) is 20.7 Å². The Bertz CT molecular complexity index is 789. The Morgan fingerprint density at radius 1 is 1.04 bits per heavy atom. The van der Waals surface area contributed by atoms with Crippen LogP contribution in [0.25, 0.3) is 0 Å². The monoisotopic (exact) mass is 408 g/mol. The number of esters is 1. The van der Waals surface area contributed by atoms with Crippen molar-refractivity contribution < 1.29 is 23.5 Å². The van der Waals surface area contributed by atoms with Crippen molar-refractivity contribution in [2.24, 2.45) is 0 Å². The summed E-state index contributed by atoms with van der Waals surface area (Å²) in [6, 6.07) is 9.90. The Morgan fingerprint density at radius 2 is 1.72 bits per heavy atom. The van der Waals surface area contributed by atoms with E-state index in [1.165, 1.54) is 43.5 Å². The van der Waals surface area contributed by atoms with Crippen LogP contribution in [0.4, 0.5) is 10.1 Å². The molecule has 0 aromatic heterocycles. The van der Waals surface area contributed by atoms with E-state index in [4.69, 9.17) is 0 Å². The highest BCUT2D eigenvalue weighted by Gasteiger charge is 2.11. The minimum absolute atomic E-state index is 0.159. The Morgan fingerprint density at radius 3 is 2.32 bits per heavy atom. The van der Waals surface area contributed by atoms with Gasteiger partial charge >= 0.3 is 5.97 Å². The molecule has 2 rings (SSSR count). The predicted octanol–water partition coefficient (Wildman–Crippen LogP) is 2.74. The van der Waals surface area contributed by atoms with Gasteiger partial charge in [-0.1, -0.05) is 15.9 Å². The van der Waals surface area contributed by atoms with E-state index in [0.717, 1.165) is 6.07 Å². The highest BCUT2D eigenvalue weighted by molar-refractivity contribution is 9.10. The van der Waals surface area contributed by atoms with Gasteiger partial charge in [-0.15, -0.1) is 0 Å². The Hall–Kier alpha value is -2.74. The third-order valence-corrected chi connectivity index (χ3v) is 3.61. The molecule has 0 radical (unpaired) electrons. The number of halogens is 2. The summed E-state index contributed by atoms with van der Waals surface area (Å²) in [7, 11) is 1.23. The molecular weight excluding hydrogens is 395 g/mol. The number of carbonyl (C=O) groups excluding carboxylic acids is 3. The van der Waals surface area contributed by atoms with Gasteiger partial charge in [0.25, 0.3) is 11.8 Å². The van der Waals surface area contributed by atoms with E-state index in [2.05, 4.69) is 31.3 Å². The van der Waals surface area contributed by atoms with E-state index in [0.29, 0.717) is 15.7 Å². The number of methoxy groups -OCH3 is 1. The molecule has 0 heterocycles. The summed E-state index contributed by atoms with van der Waals surface area (Å²) in [4.78, 5) is 35.0. The molecule has 0 saturated carbocycles. The van der Waals surface area contributed by atoms with Crippen molar-refractivity contribution in [1.29, 1.82) is 0 Å². The Labute approximate surface area is 151 Å². The number of rotatable bonds is 5. The molecule has 2 aromatic rings. The van der Waals surface area contributed by atoms with E-state index in [1.807, 2.05) is 0 Å². The van der Waals surface area contributed by atoms with Crippen LogP contribution in [0.5, 0.6) is 0 Å². The smallest absolute Gasteiger partial charge is 0.325 e. The third kappa shape index (κ3) is 5.39. The number of amides is 2. The normalized spacial score (nSPS) is 10.0. The lowest BCUT2D eigenvalue weighted by atomic mass is 10.1. The summed E-state index contributed by atoms with van der Waals surface area (Å²) in [5.74, 6) is -2.02. The topological polar surface area (TPSA) is 84.5 Å². The van der Waals surface area contributed by atoms with Crippen LogP contribution in [0.3, 0.4) is 0 Å². The zero-order valence-electron chi connectivity index (χ0n) is 13.1. The van der Waals surface area contributed by atoms with Crippen LogP contribution in [-0.4, -0.2) is 31.4 Å². The maximum atomic E-state index is 13.3. The third-order valence-electron chi connectivity index (χ3n) is 3.15. The van der Waals surface area contributed by atoms with Gasteiger partial charge in [-0.3, -0.25) is 14.4 Å². The second-order valence-corrected chi connectivity index (χ2v) is 5.86. The molecule has 0 bridgehead atoms. The van der Waals surface area contributed by atoms with E-state index in [-0.39, 0.29) is 12.1 Å². The summed E-state index contributed by atoms with van der Waals surface area (Å²) < 4.78 is 18.2. The van der Waals surface area contributed by atoms with Gasteiger partial charge in [-0.25, -0.2) is 4.39 Å². The van der Waals surface area contributed by atoms with Crippen LogP contribution < -0.4 is 10.6 Å². The van der Waals surface area contributed by atoms with Gasteiger partial charge in [0.15, 0.2) is 0 Å². The first-order valence-corrected chi connectivity index (χ1v) is 7.91.